The molecule has 1 N–H and O–H groups in total. The first-order valence-corrected chi connectivity index (χ1v) is 14.5. The zero-order chi connectivity index (χ0) is 28.8. The highest BCUT2D eigenvalue weighted by Gasteiger charge is 2.44. The van der Waals surface area contributed by atoms with Crippen LogP contribution < -0.4 is 5.32 Å². The number of sulfonamides is 1. The zero-order valence-corrected chi connectivity index (χ0v) is 22.7. The van der Waals surface area contributed by atoms with Crippen molar-refractivity contribution in [1.82, 2.24) is 9.79 Å². The zero-order valence-electron chi connectivity index (χ0n) is 21.9. The first kappa shape index (κ1) is 31.0. The largest absolute Gasteiger partial charge is 0.492 e. The van der Waals surface area contributed by atoms with Crippen LogP contribution in [0.4, 0.5) is 22.0 Å². The van der Waals surface area contributed by atoms with Gasteiger partial charge in [-0.25, -0.2) is 22.0 Å². The Balaban J connectivity index is 1.79. The molecule has 1 aliphatic carbocycles. The van der Waals surface area contributed by atoms with Crippen LogP contribution in [0.3, 0.4) is 0 Å². The number of hydroxylamine groups is 1. The molecule has 2 unspecified atom stereocenters. The number of hydrogen-bond donors (Lipinski definition) is 1. The minimum atomic E-state index is -5.33. The van der Waals surface area contributed by atoms with Gasteiger partial charge in [-0.2, -0.15) is 13.2 Å². The van der Waals surface area contributed by atoms with E-state index in [1.807, 2.05) is 25.1 Å². The smallest absolute Gasteiger partial charge is 0.345 e. The Morgan fingerprint density at radius 1 is 1.08 bits per heavy atom. The predicted molar refractivity (Wildman–Crippen MR) is 136 cm³/mol. The summed E-state index contributed by atoms with van der Waals surface area (Å²) in [6.45, 7) is 3.84. The van der Waals surface area contributed by atoms with Gasteiger partial charge in [-0.1, -0.05) is 38.1 Å². The first-order valence-electron chi connectivity index (χ1n) is 12.9. The molecule has 2 aromatic rings. The Kier molecular flexibility index (Phi) is 10.5. The third kappa shape index (κ3) is 8.21. The Bertz CT molecular complexity index is 1250. The van der Waals surface area contributed by atoms with Crippen LogP contribution in [-0.4, -0.2) is 49.9 Å². The molecule has 0 aliphatic heterocycles. The van der Waals surface area contributed by atoms with E-state index in [2.05, 4.69) is 10.2 Å². The average molecular weight is 577 g/mol. The number of hydrogen-bond acceptors (Lipinski definition) is 5. The lowest BCUT2D eigenvalue weighted by atomic mass is 9.75. The Morgan fingerprint density at radius 3 is 2.44 bits per heavy atom. The lowest BCUT2D eigenvalue weighted by molar-refractivity contribution is -0.222. The van der Waals surface area contributed by atoms with Crippen molar-refractivity contribution >= 4 is 16.0 Å². The van der Waals surface area contributed by atoms with Gasteiger partial charge in [-0.15, -0.1) is 0 Å². The summed E-state index contributed by atoms with van der Waals surface area (Å²) in [7, 11) is -4.24. The fourth-order valence-corrected chi connectivity index (χ4v) is 6.25. The molecule has 12 heteroatoms. The molecule has 0 bridgehead atoms. The highest BCUT2D eigenvalue weighted by molar-refractivity contribution is 7.88. The van der Waals surface area contributed by atoms with E-state index >= 15 is 0 Å². The van der Waals surface area contributed by atoms with Crippen molar-refractivity contribution < 1.29 is 40.0 Å². The van der Waals surface area contributed by atoms with Gasteiger partial charge in [0, 0.05) is 12.0 Å². The van der Waals surface area contributed by atoms with E-state index in [1.165, 1.54) is 6.07 Å². The molecular formula is C27H33F5N2O4S. The van der Waals surface area contributed by atoms with Crippen LogP contribution >= 0.6 is 0 Å². The minimum absolute atomic E-state index is 0.0346. The van der Waals surface area contributed by atoms with Crippen LogP contribution in [0.1, 0.15) is 61.3 Å². The molecule has 1 aliphatic rings. The van der Waals surface area contributed by atoms with E-state index in [1.54, 1.807) is 13.0 Å². The number of halogens is 5. The summed E-state index contributed by atoms with van der Waals surface area (Å²) < 4.78 is 90.5. The van der Waals surface area contributed by atoms with E-state index in [0.717, 1.165) is 42.1 Å². The van der Waals surface area contributed by atoms with Gasteiger partial charge in [0.1, 0.15) is 0 Å². The summed E-state index contributed by atoms with van der Waals surface area (Å²) in [6.07, 6.45) is -2.61. The highest BCUT2D eigenvalue weighted by atomic mass is 32.2. The molecule has 3 rings (SSSR count). The third-order valence-corrected chi connectivity index (χ3v) is 8.52. The molecule has 2 aromatic carbocycles. The standard InChI is InChI=1S/C27H33F5N2O4S/c1-3-14-39(36,37)34(38-26(35)27(30,31)32)13-5-6-18-7-9-20-10-12-25(33-4-2)22(21(20)15-18)16-19-8-11-23(28)24(29)17-19/h7-9,11,15,17,22,25,33H,3-6,10,12-14,16H2,1-2H3. The quantitative estimate of drug-likeness (QED) is 0.277. The summed E-state index contributed by atoms with van der Waals surface area (Å²) in [5.74, 6) is -4.91. The molecular weight excluding hydrogens is 543 g/mol. The van der Waals surface area contributed by atoms with Crippen LogP contribution in [0, 0.1) is 11.6 Å². The average Bonchev–Trinajstić information content (AvgIpc) is 2.86. The molecule has 0 radical (unpaired) electrons. The molecule has 0 saturated heterocycles. The number of nitrogens with one attached hydrogen (secondary N) is 1. The number of benzene rings is 2. The number of rotatable bonds is 12. The Labute approximate surface area is 225 Å². The SMILES string of the molecule is CCCS(=O)(=O)N(CCCc1ccc2c(c1)C(Cc1ccc(F)c(F)c1)C(NCC)CC2)OC(=O)C(F)(F)F. The molecule has 0 heterocycles. The number of alkyl halides is 3. The van der Waals surface area contributed by atoms with Crippen molar-refractivity contribution in [2.75, 3.05) is 18.8 Å². The van der Waals surface area contributed by atoms with E-state index in [0.29, 0.717) is 18.4 Å². The van der Waals surface area contributed by atoms with Gasteiger partial charge in [0.15, 0.2) is 11.6 Å². The number of aryl methyl sites for hydroxylation is 2. The molecule has 6 nitrogen and oxygen atoms in total. The summed E-state index contributed by atoms with van der Waals surface area (Å²) in [4.78, 5) is 15.5. The van der Waals surface area contributed by atoms with Crippen LogP contribution in [0.25, 0.3) is 0 Å². The first-order chi connectivity index (χ1) is 18.4. The maximum Gasteiger partial charge on any atom is 0.492 e. The minimum Gasteiger partial charge on any atom is -0.345 e. The summed E-state index contributed by atoms with van der Waals surface area (Å²) in [5.41, 5.74) is 3.64. The third-order valence-electron chi connectivity index (χ3n) is 6.72. The van der Waals surface area contributed by atoms with E-state index < -0.39 is 46.1 Å². The molecule has 0 amide bonds. The van der Waals surface area contributed by atoms with Gasteiger partial charge in [-0.3, -0.25) is 0 Å². The summed E-state index contributed by atoms with van der Waals surface area (Å²) in [5, 5.41) is 3.48. The molecule has 0 aromatic heterocycles. The Hall–Kier alpha value is -2.57. The number of carbonyl (C=O) groups is 1. The van der Waals surface area contributed by atoms with Crippen LogP contribution in [-0.2, 0) is 38.9 Å². The number of nitrogens with zero attached hydrogens (tertiary/aromatic N) is 1. The molecule has 39 heavy (non-hydrogen) atoms. The monoisotopic (exact) mass is 576 g/mol. The van der Waals surface area contributed by atoms with E-state index in [4.69, 9.17) is 0 Å². The van der Waals surface area contributed by atoms with Crippen molar-refractivity contribution in [2.24, 2.45) is 0 Å². The molecule has 0 saturated carbocycles. The van der Waals surface area contributed by atoms with Crippen molar-refractivity contribution in [2.45, 2.75) is 70.5 Å². The van der Waals surface area contributed by atoms with Crippen LogP contribution in [0.2, 0.25) is 0 Å². The fraction of sp³-hybridized carbons (Fsp3) is 0.519. The van der Waals surface area contributed by atoms with Gasteiger partial charge in [0.25, 0.3) is 0 Å². The van der Waals surface area contributed by atoms with E-state index in [-0.39, 0.29) is 29.3 Å². The molecule has 216 valence electrons. The normalized spacial score (nSPS) is 17.7. The predicted octanol–water partition coefficient (Wildman–Crippen LogP) is 5.21. The topological polar surface area (TPSA) is 75.7 Å². The second-order valence-electron chi connectivity index (χ2n) is 9.62. The molecule has 2 atom stereocenters. The van der Waals surface area contributed by atoms with Crippen molar-refractivity contribution in [3.05, 3.63) is 70.3 Å². The number of likely N-dealkylation sites (N-methyl/N-ethyl adjacent to an activating group) is 1. The Morgan fingerprint density at radius 2 is 1.79 bits per heavy atom. The lowest BCUT2D eigenvalue weighted by Crippen LogP contribution is -2.40. The number of fused-ring (bicyclic) bond motifs is 1. The molecule has 0 spiro atoms. The maximum absolute atomic E-state index is 13.9. The van der Waals surface area contributed by atoms with Gasteiger partial charge < -0.3 is 10.2 Å². The second kappa shape index (κ2) is 13.2. The van der Waals surface area contributed by atoms with Gasteiger partial charge >= 0.3 is 12.1 Å². The second-order valence-corrected chi connectivity index (χ2v) is 11.6. The fourth-order valence-electron chi connectivity index (χ4n) is 4.94. The van der Waals surface area contributed by atoms with Crippen LogP contribution in [0.5, 0.6) is 0 Å². The van der Waals surface area contributed by atoms with Crippen LogP contribution in [0.15, 0.2) is 36.4 Å². The molecule has 0 fully saturated rings. The summed E-state index contributed by atoms with van der Waals surface area (Å²) >= 11 is 0. The van der Waals surface area contributed by atoms with Crippen molar-refractivity contribution in [3.63, 3.8) is 0 Å². The maximum atomic E-state index is 13.9. The van der Waals surface area contributed by atoms with Crippen molar-refractivity contribution in [1.29, 1.82) is 0 Å². The lowest BCUT2D eigenvalue weighted by Gasteiger charge is -2.35. The summed E-state index contributed by atoms with van der Waals surface area (Å²) in [6, 6.07) is 9.81. The number of carbonyl (C=O) groups excluding carboxylic acids is 1. The van der Waals surface area contributed by atoms with Crippen molar-refractivity contribution in [3.8, 4) is 0 Å². The van der Waals surface area contributed by atoms with Gasteiger partial charge in [0.05, 0.1) is 12.3 Å². The van der Waals surface area contributed by atoms with Gasteiger partial charge in [-0.05, 0) is 83.9 Å². The van der Waals surface area contributed by atoms with E-state index in [9.17, 15) is 35.2 Å². The highest BCUT2D eigenvalue weighted by Crippen LogP contribution is 2.36. The van der Waals surface area contributed by atoms with Gasteiger partial charge in [0.2, 0.25) is 10.0 Å².